The molecule has 0 spiro atoms. The molecule has 2 rings (SSSR count). The molecule has 3 heteroatoms. The fraction of sp³-hybridized carbons (Fsp3) is 0.500. The lowest BCUT2D eigenvalue weighted by atomic mass is 9.94. The molecule has 0 saturated carbocycles. The second kappa shape index (κ2) is 5.65. The zero-order valence-electron chi connectivity index (χ0n) is 10.1. The Morgan fingerprint density at radius 2 is 2.06 bits per heavy atom. The van der Waals surface area contributed by atoms with Crippen molar-refractivity contribution in [3.05, 3.63) is 34.9 Å². The first kappa shape index (κ1) is 12.6. The van der Waals surface area contributed by atoms with Crippen LogP contribution < -0.4 is 5.32 Å². The van der Waals surface area contributed by atoms with Crippen LogP contribution in [0.25, 0.3) is 0 Å². The van der Waals surface area contributed by atoms with Gasteiger partial charge < -0.3 is 5.32 Å². The Bertz CT molecular complexity index is 388. The molecule has 1 aliphatic rings. The van der Waals surface area contributed by atoms with Crippen LogP contribution in [0.1, 0.15) is 43.0 Å². The minimum Gasteiger partial charge on any atom is -0.311 e. The van der Waals surface area contributed by atoms with Crippen molar-refractivity contribution in [3.63, 3.8) is 0 Å². The fourth-order valence-electron chi connectivity index (χ4n) is 2.38. The molecule has 0 radical (unpaired) electrons. The van der Waals surface area contributed by atoms with Crippen molar-refractivity contribution in [1.29, 1.82) is 0 Å². The Morgan fingerprint density at radius 3 is 2.71 bits per heavy atom. The summed E-state index contributed by atoms with van der Waals surface area (Å²) < 4.78 is 0. The van der Waals surface area contributed by atoms with Crippen molar-refractivity contribution in [2.75, 3.05) is 0 Å². The van der Waals surface area contributed by atoms with E-state index in [4.69, 9.17) is 11.6 Å². The van der Waals surface area contributed by atoms with Gasteiger partial charge in [-0.15, -0.1) is 0 Å². The summed E-state index contributed by atoms with van der Waals surface area (Å²) >= 11 is 5.80. The highest BCUT2D eigenvalue weighted by Crippen LogP contribution is 2.17. The van der Waals surface area contributed by atoms with Gasteiger partial charge in [-0.2, -0.15) is 0 Å². The summed E-state index contributed by atoms with van der Waals surface area (Å²) in [7, 11) is 0. The van der Waals surface area contributed by atoms with Gasteiger partial charge in [-0.1, -0.05) is 18.0 Å². The van der Waals surface area contributed by atoms with Gasteiger partial charge in [-0.3, -0.25) is 4.79 Å². The van der Waals surface area contributed by atoms with E-state index in [0.717, 1.165) is 12.0 Å². The zero-order chi connectivity index (χ0) is 12.3. The van der Waals surface area contributed by atoms with Crippen LogP contribution in [0.2, 0.25) is 5.02 Å². The lowest BCUT2D eigenvalue weighted by Crippen LogP contribution is -2.41. The molecule has 1 aromatic rings. The molecule has 1 aromatic carbocycles. The van der Waals surface area contributed by atoms with E-state index in [9.17, 15) is 4.79 Å². The Balaban J connectivity index is 1.94. The van der Waals surface area contributed by atoms with Crippen LogP contribution in [-0.2, 0) is 0 Å². The zero-order valence-corrected chi connectivity index (χ0v) is 10.8. The van der Waals surface area contributed by atoms with Gasteiger partial charge in [0.2, 0.25) is 0 Å². The molecular formula is C14H18ClNO. The molecule has 1 heterocycles. The van der Waals surface area contributed by atoms with Gasteiger partial charge in [0.1, 0.15) is 0 Å². The summed E-state index contributed by atoms with van der Waals surface area (Å²) in [6.45, 7) is 2.18. The molecule has 0 amide bonds. The summed E-state index contributed by atoms with van der Waals surface area (Å²) in [6.07, 6.45) is 4.12. The first-order chi connectivity index (χ1) is 8.15. The van der Waals surface area contributed by atoms with Crippen molar-refractivity contribution in [1.82, 2.24) is 5.32 Å². The summed E-state index contributed by atoms with van der Waals surface area (Å²) in [5, 5.41) is 4.15. The number of ketones is 1. The third-order valence-electron chi connectivity index (χ3n) is 3.31. The largest absolute Gasteiger partial charge is 0.311 e. The molecule has 1 saturated heterocycles. The summed E-state index contributed by atoms with van der Waals surface area (Å²) in [5.41, 5.74) is 0.759. The maximum atomic E-state index is 12.0. The third kappa shape index (κ3) is 3.55. The number of piperidine rings is 1. The van der Waals surface area contributed by atoms with Crippen LogP contribution in [0.15, 0.2) is 24.3 Å². The summed E-state index contributed by atoms with van der Waals surface area (Å²) in [4.78, 5) is 12.0. The van der Waals surface area contributed by atoms with Crippen LogP contribution in [0.3, 0.4) is 0 Å². The van der Waals surface area contributed by atoms with Crippen LogP contribution in [0.5, 0.6) is 0 Å². The van der Waals surface area contributed by atoms with Gasteiger partial charge in [-0.05, 0) is 44.0 Å². The fourth-order valence-corrected chi connectivity index (χ4v) is 2.50. The van der Waals surface area contributed by atoms with Crippen LogP contribution in [0, 0.1) is 0 Å². The molecule has 2 unspecified atom stereocenters. The molecule has 1 N–H and O–H groups in total. The average Bonchev–Trinajstić information content (AvgIpc) is 2.29. The Labute approximate surface area is 107 Å². The first-order valence-corrected chi connectivity index (χ1v) is 6.58. The summed E-state index contributed by atoms with van der Waals surface area (Å²) in [6, 6.07) is 8.01. The molecule has 92 valence electrons. The van der Waals surface area contributed by atoms with Crippen LogP contribution >= 0.6 is 11.6 Å². The monoisotopic (exact) mass is 251 g/mol. The predicted molar refractivity (Wildman–Crippen MR) is 70.6 cm³/mol. The van der Waals surface area contributed by atoms with E-state index in [2.05, 4.69) is 12.2 Å². The van der Waals surface area contributed by atoms with Gasteiger partial charge in [0, 0.05) is 29.1 Å². The van der Waals surface area contributed by atoms with Crippen LogP contribution in [-0.4, -0.2) is 17.9 Å². The number of hydrogen-bond acceptors (Lipinski definition) is 2. The molecular weight excluding hydrogens is 234 g/mol. The molecule has 0 aliphatic carbocycles. The molecule has 2 nitrogen and oxygen atoms in total. The molecule has 1 fully saturated rings. The highest BCUT2D eigenvalue weighted by Gasteiger charge is 2.20. The number of hydrogen-bond donors (Lipinski definition) is 1. The Hall–Kier alpha value is -0.860. The average molecular weight is 252 g/mol. The van der Waals surface area contributed by atoms with Gasteiger partial charge >= 0.3 is 0 Å². The summed E-state index contributed by atoms with van der Waals surface area (Å²) in [5.74, 6) is 0.202. The lowest BCUT2D eigenvalue weighted by molar-refractivity contribution is 0.0960. The quantitative estimate of drug-likeness (QED) is 0.834. The standard InChI is InChI=1S/C14H18ClNO/c1-10-3-2-4-13(16-10)9-14(17)11-5-7-12(15)8-6-11/h5-8,10,13,16H,2-4,9H2,1H3. The highest BCUT2D eigenvalue weighted by molar-refractivity contribution is 6.30. The molecule has 0 aromatic heterocycles. The molecule has 2 atom stereocenters. The smallest absolute Gasteiger partial charge is 0.164 e. The maximum absolute atomic E-state index is 12.0. The van der Waals surface area contributed by atoms with E-state index in [1.165, 1.54) is 12.8 Å². The third-order valence-corrected chi connectivity index (χ3v) is 3.56. The number of rotatable bonds is 3. The number of nitrogens with one attached hydrogen (secondary N) is 1. The minimum absolute atomic E-state index is 0.202. The maximum Gasteiger partial charge on any atom is 0.164 e. The number of Topliss-reactive ketones (excluding diaryl/α,β-unsaturated/α-hetero) is 1. The second-order valence-corrected chi connectivity index (χ2v) is 5.27. The van der Waals surface area contributed by atoms with Crippen LogP contribution in [0.4, 0.5) is 0 Å². The van der Waals surface area contributed by atoms with Crippen molar-refractivity contribution < 1.29 is 4.79 Å². The Morgan fingerprint density at radius 1 is 1.35 bits per heavy atom. The highest BCUT2D eigenvalue weighted by atomic mass is 35.5. The first-order valence-electron chi connectivity index (χ1n) is 6.20. The van der Waals surface area contributed by atoms with Crippen molar-refractivity contribution in [2.45, 2.75) is 44.7 Å². The van der Waals surface area contributed by atoms with E-state index in [1.807, 2.05) is 0 Å². The topological polar surface area (TPSA) is 29.1 Å². The molecule has 17 heavy (non-hydrogen) atoms. The SMILES string of the molecule is CC1CCCC(CC(=O)c2ccc(Cl)cc2)N1. The predicted octanol–water partition coefficient (Wildman–Crippen LogP) is 3.44. The van der Waals surface area contributed by atoms with Gasteiger partial charge in [0.05, 0.1) is 0 Å². The number of carbonyl (C=O) groups is 1. The van der Waals surface area contributed by atoms with E-state index in [-0.39, 0.29) is 5.78 Å². The molecule has 0 bridgehead atoms. The van der Waals surface area contributed by atoms with Crippen molar-refractivity contribution in [3.8, 4) is 0 Å². The van der Waals surface area contributed by atoms with E-state index in [1.54, 1.807) is 24.3 Å². The minimum atomic E-state index is 0.202. The molecule has 1 aliphatic heterocycles. The van der Waals surface area contributed by atoms with Crippen molar-refractivity contribution >= 4 is 17.4 Å². The van der Waals surface area contributed by atoms with E-state index >= 15 is 0 Å². The van der Waals surface area contributed by atoms with E-state index < -0.39 is 0 Å². The van der Waals surface area contributed by atoms with Gasteiger partial charge in [0.25, 0.3) is 0 Å². The Kier molecular flexibility index (Phi) is 4.19. The van der Waals surface area contributed by atoms with Gasteiger partial charge in [0.15, 0.2) is 5.78 Å². The van der Waals surface area contributed by atoms with Crippen molar-refractivity contribution in [2.24, 2.45) is 0 Å². The normalized spacial score (nSPS) is 24.6. The number of carbonyl (C=O) groups excluding carboxylic acids is 1. The second-order valence-electron chi connectivity index (χ2n) is 4.83. The van der Waals surface area contributed by atoms with E-state index in [0.29, 0.717) is 23.5 Å². The van der Waals surface area contributed by atoms with Gasteiger partial charge in [-0.25, -0.2) is 0 Å². The number of halogens is 1. The lowest BCUT2D eigenvalue weighted by Gasteiger charge is -2.28. The number of benzene rings is 1.